The van der Waals surface area contributed by atoms with E-state index >= 15 is 0 Å². The molecule has 106 valence electrons. The Kier molecular flexibility index (Phi) is 3.40. The van der Waals surface area contributed by atoms with E-state index in [4.69, 9.17) is 0 Å². The van der Waals surface area contributed by atoms with Gasteiger partial charge in [0.2, 0.25) is 10.0 Å². The Hall–Kier alpha value is -1.41. The van der Waals surface area contributed by atoms with Gasteiger partial charge in [-0.05, 0) is 12.8 Å². The van der Waals surface area contributed by atoms with Crippen LogP contribution in [0.15, 0.2) is 20.7 Å². The number of aromatic nitrogens is 2. The number of hydrogen-bond acceptors (Lipinski definition) is 4. The lowest BCUT2D eigenvalue weighted by Crippen LogP contribution is -2.43. The zero-order valence-corrected chi connectivity index (χ0v) is 12.0. The molecule has 19 heavy (non-hydrogen) atoms. The molecule has 8 heteroatoms. The largest absolute Gasteiger partial charge is 0.330 e. The van der Waals surface area contributed by atoms with E-state index in [-0.39, 0.29) is 10.9 Å². The van der Waals surface area contributed by atoms with Crippen LogP contribution in [0.25, 0.3) is 0 Å². The van der Waals surface area contributed by atoms with Crippen LogP contribution in [0.4, 0.5) is 0 Å². The monoisotopic (exact) mass is 287 g/mol. The number of nitrogens with zero attached hydrogens (tertiary/aromatic N) is 3. The molecule has 1 aliphatic carbocycles. The lowest BCUT2D eigenvalue weighted by atomic mass is 10.6. The molecule has 1 aromatic heterocycles. The van der Waals surface area contributed by atoms with Gasteiger partial charge in [0.1, 0.15) is 0 Å². The molecule has 0 atom stereocenters. The van der Waals surface area contributed by atoms with Crippen LogP contribution < -0.4 is 11.2 Å². The molecule has 1 aliphatic rings. The first-order valence-electron chi connectivity index (χ1n) is 6.09. The highest BCUT2D eigenvalue weighted by molar-refractivity contribution is 7.89. The van der Waals surface area contributed by atoms with Crippen molar-refractivity contribution in [1.29, 1.82) is 0 Å². The van der Waals surface area contributed by atoms with Crippen molar-refractivity contribution in [3.05, 3.63) is 27.0 Å². The molecular formula is C11H17N3O4S. The summed E-state index contributed by atoms with van der Waals surface area (Å²) in [6.45, 7) is 2.06. The van der Waals surface area contributed by atoms with E-state index in [1.165, 1.54) is 18.4 Å². The van der Waals surface area contributed by atoms with Crippen LogP contribution in [0.5, 0.6) is 0 Å². The summed E-state index contributed by atoms with van der Waals surface area (Å²) in [6.07, 6.45) is 2.74. The Bertz CT molecular complexity index is 712. The van der Waals surface area contributed by atoms with Gasteiger partial charge in [-0.15, -0.1) is 0 Å². The quantitative estimate of drug-likeness (QED) is 0.730. The van der Waals surface area contributed by atoms with E-state index in [1.54, 1.807) is 6.92 Å². The number of aryl methyl sites for hydroxylation is 1. The third kappa shape index (κ3) is 2.25. The van der Waals surface area contributed by atoms with Crippen molar-refractivity contribution in [3.8, 4) is 0 Å². The van der Waals surface area contributed by atoms with Crippen LogP contribution in [-0.4, -0.2) is 34.4 Å². The van der Waals surface area contributed by atoms with Gasteiger partial charge in [0.25, 0.3) is 5.56 Å². The van der Waals surface area contributed by atoms with Gasteiger partial charge in [0, 0.05) is 32.9 Å². The molecule has 0 amide bonds. The fourth-order valence-corrected chi connectivity index (χ4v) is 3.91. The van der Waals surface area contributed by atoms with Crippen LogP contribution in [0.2, 0.25) is 0 Å². The lowest BCUT2D eigenvalue weighted by molar-refractivity contribution is 0.418. The summed E-state index contributed by atoms with van der Waals surface area (Å²) in [5.74, 6) is 0. The maximum absolute atomic E-state index is 12.5. The average Bonchev–Trinajstić information content (AvgIpc) is 3.16. The Morgan fingerprint density at radius 2 is 1.89 bits per heavy atom. The van der Waals surface area contributed by atoms with E-state index in [1.807, 2.05) is 0 Å². The van der Waals surface area contributed by atoms with Gasteiger partial charge in [0.05, 0.1) is 0 Å². The van der Waals surface area contributed by atoms with Crippen molar-refractivity contribution in [2.75, 3.05) is 6.54 Å². The van der Waals surface area contributed by atoms with Crippen molar-refractivity contribution < 1.29 is 8.42 Å². The first-order chi connectivity index (χ1) is 8.80. The third-order valence-electron chi connectivity index (χ3n) is 3.27. The normalized spacial score (nSPS) is 16.0. The van der Waals surface area contributed by atoms with E-state index in [0.29, 0.717) is 6.54 Å². The van der Waals surface area contributed by atoms with E-state index in [0.717, 1.165) is 28.2 Å². The summed E-state index contributed by atoms with van der Waals surface area (Å²) in [5.41, 5.74) is -1.32. The summed E-state index contributed by atoms with van der Waals surface area (Å²) < 4.78 is 28.2. The molecule has 0 aliphatic heterocycles. The predicted octanol–water partition coefficient (Wildman–Crippen LogP) is -0.743. The highest BCUT2D eigenvalue weighted by Crippen LogP contribution is 2.30. The minimum atomic E-state index is -3.84. The van der Waals surface area contributed by atoms with Crippen LogP contribution in [0.1, 0.15) is 19.8 Å². The second-order valence-electron chi connectivity index (χ2n) is 4.69. The third-order valence-corrected chi connectivity index (χ3v) is 5.28. The molecule has 2 rings (SSSR count). The van der Waals surface area contributed by atoms with Gasteiger partial charge in [-0.25, -0.2) is 13.2 Å². The fourth-order valence-electron chi connectivity index (χ4n) is 2.07. The molecular weight excluding hydrogens is 270 g/mol. The summed E-state index contributed by atoms with van der Waals surface area (Å²) in [6, 6.07) is -0.0167. The number of rotatable bonds is 4. The van der Waals surface area contributed by atoms with Crippen molar-refractivity contribution >= 4 is 10.0 Å². The van der Waals surface area contributed by atoms with Crippen LogP contribution in [0, 0.1) is 0 Å². The highest BCUT2D eigenvalue weighted by atomic mass is 32.2. The highest BCUT2D eigenvalue weighted by Gasteiger charge is 2.38. The Balaban J connectivity index is 2.64. The van der Waals surface area contributed by atoms with E-state index < -0.39 is 21.3 Å². The van der Waals surface area contributed by atoms with Crippen molar-refractivity contribution in [3.63, 3.8) is 0 Å². The Labute approximate surface area is 111 Å². The molecule has 1 aromatic rings. The Morgan fingerprint density at radius 3 is 2.37 bits per heavy atom. The molecule has 1 fully saturated rings. The molecule has 0 radical (unpaired) electrons. The summed E-state index contributed by atoms with van der Waals surface area (Å²) in [5, 5.41) is 0. The van der Waals surface area contributed by atoms with Gasteiger partial charge in [-0.2, -0.15) is 4.31 Å². The van der Waals surface area contributed by atoms with Crippen LogP contribution in [0.3, 0.4) is 0 Å². The average molecular weight is 287 g/mol. The topological polar surface area (TPSA) is 81.4 Å². The van der Waals surface area contributed by atoms with Gasteiger partial charge < -0.3 is 4.57 Å². The standard InChI is InChI=1S/C11H17N3O4S/c1-4-14(8-5-6-8)19(17,18)9-7-12(2)11(16)13(3)10(9)15/h7-8H,4-6H2,1-3H3. The van der Waals surface area contributed by atoms with Gasteiger partial charge in [-0.1, -0.05) is 6.92 Å². The van der Waals surface area contributed by atoms with E-state index in [2.05, 4.69) is 0 Å². The summed E-state index contributed by atoms with van der Waals surface area (Å²) in [7, 11) is -1.14. The molecule has 0 spiro atoms. The fraction of sp³-hybridized carbons (Fsp3) is 0.636. The second-order valence-corrected chi connectivity index (χ2v) is 6.55. The zero-order valence-electron chi connectivity index (χ0n) is 11.2. The van der Waals surface area contributed by atoms with Crippen LogP contribution in [-0.2, 0) is 24.1 Å². The van der Waals surface area contributed by atoms with Gasteiger partial charge >= 0.3 is 5.69 Å². The Morgan fingerprint density at radius 1 is 1.32 bits per heavy atom. The molecule has 0 N–H and O–H groups in total. The van der Waals surface area contributed by atoms with Gasteiger partial charge in [-0.3, -0.25) is 9.36 Å². The molecule has 1 saturated carbocycles. The second kappa shape index (κ2) is 4.61. The predicted molar refractivity (Wildman–Crippen MR) is 69.5 cm³/mol. The molecule has 0 bridgehead atoms. The van der Waals surface area contributed by atoms with Crippen molar-refractivity contribution in [2.24, 2.45) is 14.1 Å². The lowest BCUT2D eigenvalue weighted by Gasteiger charge is -2.20. The smallest absolute Gasteiger partial charge is 0.302 e. The first kappa shape index (κ1) is 14.0. The van der Waals surface area contributed by atoms with Crippen LogP contribution >= 0.6 is 0 Å². The van der Waals surface area contributed by atoms with Crippen molar-refractivity contribution in [1.82, 2.24) is 13.4 Å². The molecule has 0 unspecified atom stereocenters. The number of sulfonamides is 1. The molecule has 0 aromatic carbocycles. The number of hydrogen-bond donors (Lipinski definition) is 0. The van der Waals surface area contributed by atoms with E-state index in [9.17, 15) is 18.0 Å². The molecule has 0 saturated heterocycles. The van der Waals surface area contributed by atoms with Crippen molar-refractivity contribution in [2.45, 2.75) is 30.7 Å². The minimum Gasteiger partial charge on any atom is -0.302 e. The maximum atomic E-state index is 12.5. The summed E-state index contributed by atoms with van der Waals surface area (Å²) in [4.78, 5) is 23.2. The SMILES string of the molecule is CCN(C1CC1)S(=O)(=O)c1cn(C)c(=O)n(C)c1=O. The maximum Gasteiger partial charge on any atom is 0.330 e. The van der Waals surface area contributed by atoms with Gasteiger partial charge in [0.15, 0.2) is 4.90 Å². The first-order valence-corrected chi connectivity index (χ1v) is 7.53. The summed E-state index contributed by atoms with van der Waals surface area (Å²) >= 11 is 0. The minimum absolute atomic E-state index is 0.0167. The molecule has 7 nitrogen and oxygen atoms in total. The zero-order chi connectivity index (χ0) is 14.4. The molecule has 1 heterocycles.